The molecule has 0 spiro atoms. The molecular formula is C2H6O4S4. The predicted molar refractivity (Wildman–Crippen MR) is 44.9 cm³/mol. The molecule has 0 N–H and O–H groups in total. The number of hydrogen-bond acceptors (Lipinski definition) is 6. The van der Waals surface area contributed by atoms with Gasteiger partial charge in [-0.05, 0) is 0 Å². The van der Waals surface area contributed by atoms with Gasteiger partial charge in [0.2, 0.25) is 17.7 Å². The summed E-state index contributed by atoms with van der Waals surface area (Å²) in [5, 5.41) is 0. The first-order chi connectivity index (χ1) is 4.21. The van der Waals surface area contributed by atoms with Crippen LogP contribution in [0.4, 0.5) is 0 Å². The average Bonchev–Trinajstić information content (AvgIpc) is 1.57. The van der Waals surface area contributed by atoms with Crippen molar-refractivity contribution < 1.29 is 16.8 Å². The van der Waals surface area contributed by atoms with Gasteiger partial charge in [-0.3, -0.25) is 0 Å². The summed E-state index contributed by atoms with van der Waals surface area (Å²) in [6, 6.07) is 0. The van der Waals surface area contributed by atoms with E-state index < -0.39 is 17.7 Å². The van der Waals surface area contributed by atoms with Crippen LogP contribution in [-0.2, 0) is 17.7 Å². The predicted octanol–water partition coefficient (Wildman–Crippen LogP) is 0.287. The van der Waals surface area contributed by atoms with Crippen molar-refractivity contribution in [2.24, 2.45) is 0 Å². The fourth-order valence-corrected chi connectivity index (χ4v) is 8.17. The molecular weight excluding hydrogens is 216 g/mol. The van der Waals surface area contributed by atoms with E-state index in [1.165, 1.54) is 0 Å². The van der Waals surface area contributed by atoms with Crippen LogP contribution >= 0.6 is 19.7 Å². The summed E-state index contributed by atoms with van der Waals surface area (Å²) in [5.74, 6) is 0. The van der Waals surface area contributed by atoms with Crippen molar-refractivity contribution in [1.29, 1.82) is 0 Å². The van der Waals surface area contributed by atoms with Gasteiger partial charge in [0.15, 0.2) is 0 Å². The SMILES string of the molecule is CS(=O)(=O)SSS(C)(=O)=O. The van der Waals surface area contributed by atoms with Crippen LogP contribution in [0, 0.1) is 0 Å². The summed E-state index contributed by atoms with van der Waals surface area (Å²) >= 11 is 0. The van der Waals surface area contributed by atoms with Crippen LogP contribution in [0.25, 0.3) is 0 Å². The molecule has 0 aromatic heterocycles. The van der Waals surface area contributed by atoms with Crippen molar-refractivity contribution in [3.63, 3.8) is 0 Å². The highest BCUT2D eigenvalue weighted by Gasteiger charge is 2.10. The Labute approximate surface area is 66.8 Å². The number of hydrogen-bond donors (Lipinski definition) is 0. The topological polar surface area (TPSA) is 68.3 Å². The smallest absolute Gasteiger partial charge is 0.209 e. The largest absolute Gasteiger partial charge is 0.217 e. The molecule has 0 rings (SSSR count). The standard InChI is InChI=1S/C2H6O4S4/c1-9(3,4)7-8-10(2,5)6/h1-2H3. The first-order valence-corrected chi connectivity index (χ1v) is 8.95. The molecule has 8 heteroatoms. The van der Waals surface area contributed by atoms with E-state index in [0.717, 1.165) is 12.5 Å². The fraction of sp³-hybridized carbons (Fsp3) is 1.00. The van der Waals surface area contributed by atoms with Crippen LogP contribution in [-0.4, -0.2) is 29.3 Å². The molecule has 0 aliphatic rings. The molecule has 0 saturated carbocycles. The molecule has 0 unspecified atom stereocenters. The van der Waals surface area contributed by atoms with E-state index in [4.69, 9.17) is 0 Å². The summed E-state index contributed by atoms with van der Waals surface area (Å²) in [6.07, 6.45) is 1.91. The van der Waals surface area contributed by atoms with Crippen molar-refractivity contribution in [1.82, 2.24) is 0 Å². The average molecular weight is 222 g/mol. The van der Waals surface area contributed by atoms with E-state index in [-0.39, 0.29) is 0 Å². The van der Waals surface area contributed by atoms with E-state index >= 15 is 0 Å². The third kappa shape index (κ3) is 8.60. The van der Waals surface area contributed by atoms with Gasteiger partial charge in [-0.25, -0.2) is 16.8 Å². The van der Waals surface area contributed by atoms with Gasteiger partial charge in [-0.15, -0.1) is 0 Å². The Balaban J connectivity index is 4.05. The Morgan fingerprint density at radius 3 is 1.10 bits per heavy atom. The molecule has 4 nitrogen and oxygen atoms in total. The van der Waals surface area contributed by atoms with Crippen LogP contribution in [0.1, 0.15) is 0 Å². The lowest BCUT2D eigenvalue weighted by Crippen LogP contribution is -1.89. The van der Waals surface area contributed by atoms with Crippen molar-refractivity contribution >= 4 is 37.4 Å². The molecule has 0 aromatic rings. The molecule has 0 fully saturated rings. The van der Waals surface area contributed by atoms with Crippen LogP contribution in [0.5, 0.6) is 0 Å². The Bertz CT molecular complexity index is 251. The van der Waals surface area contributed by atoms with E-state index in [1.807, 2.05) is 0 Å². The van der Waals surface area contributed by atoms with E-state index in [9.17, 15) is 16.8 Å². The third-order valence-electron chi connectivity index (χ3n) is 0.275. The van der Waals surface area contributed by atoms with Crippen LogP contribution in [0.2, 0.25) is 0 Å². The van der Waals surface area contributed by atoms with Crippen molar-refractivity contribution in [3.8, 4) is 0 Å². The lowest BCUT2D eigenvalue weighted by molar-refractivity contribution is 0.613. The van der Waals surface area contributed by atoms with Crippen molar-refractivity contribution in [2.45, 2.75) is 0 Å². The lowest BCUT2D eigenvalue weighted by atomic mass is 12.0. The zero-order chi connectivity index (χ0) is 8.41. The normalized spacial score (nSPS) is 13.4. The minimum absolute atomic E-state index is 0.341. The maximum atomic E-state index is 10.4. The maximum Gasteiger partial charge on any atom is 0.209 e. The summed E-state index contributed by atoms with van der Waals surface area (Å²) in [7, 11) is -5.83. The fourth-order valence-electron chi connectivity index (χ4n) is 0.101. The molecule has 0 amide bonds. The molecule has 0 saturated heterocycles. The van der Waals surface area contributed by atoms with Crippen LogP contribution < -0.4 is 0 Å². The zero-order valence-corrected chi connectivity index (χ0v) is 8.53. The molecule has 10 heavy (non-hydrogen) atoms. The highest BCUT2D eigenvalue weighted by Crippen LogP contribution is 2.31. The van der Waals surface area contributed by atoms with Gasteiger partial charge in [0.1, 0.15) is 0 Å². The van der Waals surface area contributed by atoms with Gasteiger partial charge in [0.05, 0.1) is 19.7 Å². The molecule has 0 heterocycles. The maximum absolute atomic E-state index is 10.4. The summed E-state index contributed by atoms with van der Waals surface area (Å²) in [5.41, 5.74) is 0. The molecule has 0 bridgehead atoms. The minimum Gasteiger partial charge on any atom is -0.217 e. The quantitative estimate of drug-likeness (QED) is 0.639. The Hall–Kier alpha value is 0.600. The Morgan fingerprint density at radius 1 is 0.800 bits per heavy atom. The van der Waals surface area contributed by atoms with Crippen LogP contribution in [0.15, 0.2) is 0 Å². The lowest BCUT2D eigenvalue weighted by Gasteiger charge is -1.92. The zero-order valence-electron chi connectivity index (χ0n) is 5.27. The molecule has 0 aliphatic carbocycles. The first kappa shape index (κ1) is 10.6. The highest BCUT2D eigenvalue weighted by atomic mass is 33.7. The Kier molecular flexibility index (Phi) is 3.53. The second kappa shape index (κ2) is 3.33. The first-order valence-electron chi connectivity index (χ1n) is 1.98. The second-order valence-electron chi connectivity index (χ2n) is 1.54. The van der Waals surface area contributed by atoms with Gasteiger partial charge in [0, 0.05) is 12.5 Å². The van der Waals surface area contributed by atoms with Crippen LogP contribution in [0.3, 0.4) is 0 Å². The molecule has 0 atom stereocenters. The molecule has 0 radical (unpaired) electrons. The highest BCUT2D eigenvalue weighted by molar-refractivity contribution is 9.22. The third-order valence-corrected chi connectivity index (χ3v) is 8.92. The van der Waals surface area contributed by atoms with Crippen molar-refractivity contribution in [2.75, 3.05) is 12.5 Å². The van der Waals surface area contributed by atoms with E-state index in [1.54, 1.807) is 0 Å². The monoisotopic (exact) mass is 222 g/mol. The van der Waals surface area contributed by atoms with Gasteiger partial charge in [0.25, 0.3) is 0 Å². The van der Waals surface area contributed by atoms with E-state index in [2.05, 4.69) is 0 Å². The van der Waals surface area contributed by atoms with Gasteiger partial charge in [-0.2, -0.15) is 0 Å². The van der Waals surface area contributed by atoms with Gasteiger partial charge >= 0.3 is 0 Å². The Morgan fingerprint density at radius 2 is 1.00 bits per heavy atom. The summed E-state index contributed by atoms with van der Waals surface area (Å²) < 4.78 is 41.4. The van der Waals surface area contributed by atoms with E-state index in [0.29, 0.717) is 19.7 Å². The minimum atomic E-state index is -3.26. The molecule has 62 valence electrons. The van der Waals surface area contributed by atoms with Gasteiger partial charge < -0.3 is 0 Å². The second-order valence-corrected chi connectivity index (χ2v) is 11.5. The molecule has 0 aromatic carbocycles. The summed E-state index contributed by atoms with van der Waals surface area (Å²) in [6.45, 7) is 0. The molecule has 0 aliphatic heterocycles. The number of rotatable bonds is 3. The van der Waals surface area contributed by atoms with Gasteiger partial charge in [-0.1, -0.05) is 0 Å². The van der Waals surface area contributed by atoms with Crippen molar-refractivity contribution in [3.05, 3.63) is 0 Å². The summed E-state index contributed by atoms with van der Waals surface area (Å²) in [4.78, 5) is 0.